The van der Waals surface area contributed by atoms with Gasteiger partial charge in [-0.1, -0.05) is 0 Å². The van der Waals surface area contributed by atoms with Crippen molar-refractivity contribution in [2.75, 3.05) is 39.9 Å². The zero-order valence-corrected chi connectivity index (χ0v) is 14.4. The van der Waals surface area contributed by atoms with E-state index < -0.39 is 0 Å². The highest BCUT2D eigenvalue weighted by Gasteiger charge is 2.51. The number of ether oxygens (including phenoxy) is 1. The minimum Gasteiger partial charge on any atom is -0.381 e. The number of carbonyl (C=O) groups is 1. The summed E-state index contributed by atoms with van der Waals surface area (Å²) in [5.41, 5.74) is 0.768. The first-order chi connectivity index (χ1) is 11.7. The molecular formula is C18H26N4O2. The van der Waals surface area contributed by atoms with Crippen molar-refractivity contribution in [2.45, 2.75) is 31.2 Å². The summed E-state index contributed by atoms with van der Waals surface area (Å²) in [7, 11) is 2.19. The van der Waals surface area contributed by atoms with E-state index in [1.54, 1.807) is 18.5 Å². The Balaban J connectivity index is 1.32. The average Bonchev–Trinajstić information content (AvgIpc) is 3.39. The predicted octanol–water partition coefficient (Wildman–Crippen LogP) is 1.44. The molecule has 24 heavy (non-hydrogen) atoms. The van der Waals surface area contributed by atoms with Crippen LogP contribution in [0.2, 0.25) is 0 Å². The first-order valence-electron chi connectivity index (χ1n) is 9.01. The van der Waals surface area contributed by atoms with Gasteiger partial charge in [0.25, 0.3) is 5.91 Å². The number of likely N-dealkylation sites (tertiary alicyclic amines) is 2. The van der Waals surface area contributed by atoms with Crippen molar-refractivity contribution in [3.8, 4) is 0 Å². The van der Waals surface area contributed by atoms with E-state index in [-0.39, 0.29) is 11.4 Å². The van der Waals surface area contributed by atoms with E-state index in [1.807, 2.05) is 4.90 Å². The van der Waals surface area contributed by atoms with Crippen LogP contribution < -0.4 is 0 Å². The number of amides is 1. The topological polar surface area (TPSA) is 58.6 Å². The molecule has 1 aromatic rings. The summed E-state index contributed by atoms with van der Waals surface area (Å²) in [5, 5.41) is 7.54. The Morgan fingerprint density at radius 1 is 1.25 bits per heavy atom. The maximum absolute atomic E-state index is 12.5. The molecule has 1 aromatic heterocycles. The number of likely N-dealkylation sites (N-methyl/N-ethyl adjacent to an activating group) is 1. The van der Waals surface area contributed by atoms with Crippen LogP contribution in [-0.4, -0.2) is 71.3 Å². The van der Waals surface area contributed by atoms with Crippen LogP contribution in [0.25, 0.3) is 0 Å². The molecule has 6 heteroatoms. The normalized spacial score (nSPS) is 26.4. The Kier molecular flexibility index (Phi) is 4.26. The molecule has 1 unspecified atom stereocenters. The molecule has 1 spiro atoms. The van der Waals surface area contributed by atoms with Gasteiger partial charge in [0.2, 0.25) is 0 Å². The lowest BCUT2D eigenvalue weighted by atomic mass is 9.75. The van der Waals surface area contributed by atoms with Crippen LogP contribution in [0.3, 0.4) is 0 Å². The van der Waals surface area contributed by atoms with Gasteiger partial charge in [-0.05, 0) is 57.2 Å². The van der Waals surface area contributed by atoms with Crippen molar-refractivity contribution in [1.82, 2.24) is 20.0 Å². The van der Waals surface area contributed by atoms with E-state index in [4.69, 9.17) is 4.74 Å². The molecule has 1 saturated carbocycles. The van der Waals surface area contributed by atoms with Gasteiger partial charge in [-0.25, -0.2) is 0 Å². The van der Waals surface area contributed by atoms with Crippen molar-refractivity contribution < 1.29 is 9.53 Å². The summed E-state index contributed by atoms with van der Waals surface area (Å²) in [6.45, 7) is 4.54. The molecule has 3 fully saturated rings. The summed E-state index contributed by atoms with van der Waals surface area (Å²) in [6.07, 6.45) is 8.14. The quantitative estimate of drug-likeness (QED) is 0.818. The van der Waals surface area contributed by atoms with Gasteiger partial charge in [0, 0.05) is 26.3 Å². The summed E-state index contributed by atoms with van der Waals surface area (Å²) >= 11 is 0. The Labute approximate surface area is 143 Å². The summed E-state index contributed by atoms with van der Waals surface area (Å²) in [6, 6.07) is 1.74. The van der Waals surface area contributed by atoms with E-state index >= 15 is 0 Å². The molecule has 2 aliphatic heterocycles. The number of hydrogen-bond donors (Lipinski definition) is 0. The number of rotatable bonds is 5. The molecule has 0 radical (unpaired) electrons. The number of carbonyl (C=O) groups excluding carboxylic acids is 1. The van der Waals surface area contributed by atoms with Gasteiger partial charge < -0.3 is 9.64 Å². The first-order valence-corrected chi connectivity index (χ1v) is 9.01. The number of hydrogen-bond acceptors (Lipinski definition) is 5. The third-order valence-corrected chi connectivity index (χ3v) is 5.84. The van der Waals surface area contributed by atoms with Crippen LogP contribution in [0, 0.1) is 11.8 Å². The number of nitrogens with zero attached hydrogens (tertiary/aromatic N) is 4. The largest absolute Gasteiger partial charge is 0.381 e. The Morgan fingerprint density at radius 2 is 2.04 bits per heavy atom. The second-order valence-electron chi connectivity index (χ2n) is 7.78. The maximum Gasteiger partial charge on any atom is 0.255 e. The molecule has 0 N–H and O–H groups in total. The molecular weight excluding hydrogens is 304 g/mol. The molecule has 0 aromatic carbocycles. The minimum absolute atomic E-state index is 0.0658. The van der Waals surface area contributed by atoms with Crippen LogP contribution >= 0.6 is 0 Å². The van der Waals surface area contributed by atoms with Crippen molar-refractivity contribution >= 4 is 5.91 Å². The fourth-order valence-electron chi connectivity index (χ4n) is 4.01. The highest BCUT2D eigenvalue weighted by molar-refractivity contribution is 5.94. The first kappa shape index (κ1) is 16.0. The van der Waals surface area contributed by atoms with Crippen molar-refractivity contribution in [3.63, 3.8) is 0 Å². The molecule has 0 bridgehead atoms. The third-order valence-electron chi connectivity index (χ3n) is 5.84. The van der Waals surface area contributed by atoms with Gasteiger partial charge in [0.1, 0.15) is 0 Å². The van der Waals surface area contributed by atoms with Gasteiger partial charge in [-0.2, -0.15) is 10.2 Å². The van der Waals surface area contributed by atoms with Gasteiger partial charge in [0.05, 0.1) is 23.5 Å². The van der Waals surface area contributed by atoms with Gasteiger partial charge in [-0.15, -0.1) is 0 Å². The van der Waals surface area contributed by atoms with Gasteiger partial charge in [0.15, 0.2) is 0 Å². The number of aromatic nitrogens is 2. The molecule has 1 amide bonds. The second kappa shape index (κ2) is 6.41. The van der Waals surface area contributed by atoms with Crippen LogP contribution in [0.4, 0.5) is 0 Å². The molecule has 6 nitrogen and oxygen atoms in total. The van der Waals surface area contributed by atoms with Gasteiger partial charge in [-0.3, -0.25) is 9.69 Å². The molecule has 3 aliphatic rings. The molecule has 130 valence electrons. The van der Waals surface area contributed by atoms with Crippen molar-refractivity contribution in [3.05, 3.63) is 24.0 Å². The van der Waals surface area contributed by atoms with E-state index in [0.29, 0.717) is 11.5 Å². The Morgan fingerprint density at radius 3 is 2.75 bits per heavy atom. The summed E-state index contributed by atoms with van der Waals surface area (Å²) in [5.74, 6) is 1.52. The molecule has 1 atom stereocenters. The zero-order valence-electron chi connectivity index (χ0n) is 14.4. The van der Waals surface area contributed by atoms with E-state index in [9.17, 15) is 4.79 Å². The Bertz CT molecular complexity index is 584. The highest BCUT2D eigenvalue weighted by atomic mass is 16.5. The standard InChI is InChI=1S/C18H26N4O2/c1-21-7-5-15(11-24-10-14-2-3-14)8-18(21)12-22(13-18)17(23)16-4-6-19-20-9-16/h4,6,9,14-15H,2-3,5,7-8,10-13H2,1H3. The highest BCUT2D eigenvalue weighted by Crippen LogP contribution is 2.39. The fourth-order valence-corrected chi connectivity index (χ4v) is 4.01. The van der Waals surface area contributed by atoms with Crippen molar-refractivity contribution in [1.29, 1.82) is 0 Å². The minimum atomic E-state index is 0.0658. The predicted molar refractivity (Wildman–Crippen MR) is 89.6 cm³/mol. The van der Waals surface area contributed by atoms with Crippen LogP contribution in [0.15, 0.2) is 18.5 Å². The van der Waals surface area contributed by atoms with Crippen LogP contribution in [-0.2, 0) is 4.74 Å². The molecule has 4 rings (SSSR count). The monoisotopic (exact) mass is 330 g/mol. The van der Waals surface area contributed by atoms with E-state index in [2.05, 4.69) is 22.1 Å². The van der Waals surface area contributed by atoms with E-state index in [1.165, 1.54) is 19.3 Å². The van der Waals surface area contributed by atoms with E-state index in [0.717, 1.165) is 45.2 Å². The average molecular weight is 330 g/mol. The lowest BCUT2D eigenvalue weighted by molar-refractivity contribution is -0.0761. The van der Waals surface area contributed by atoms with Crippen LogP contribution in [0.1, 0.15) is 36.0 Å². The summed E-state index contributed by atoms with van der Waals surface area (Å²) in [4.78, 5) is 16.9. The van der Waals surface area contributed by atoms with Crippen LogP contribution in [0.5, 0.6) is 0 Å². The molecule has 3 heterocycles. The maximum atomic E-state index is 12.5. The second-order valence-corrected chi connectivity index (χ2v) is 7.78. The third kappa shape index (κ3) is 3.17. The van der Waals surface area contributed by atoms with Gasteiger partial charge >= 0.3 is 0 Å². The zero-order chi connectivity index (χ0) is 16.6. The lowest BCUT2D eigenvalue weighted by Gasteiger charge is -2.58. The Hall–Kier alpha value is -1.53. The smallest absolute Gasteiger partial charge is 0.255 e. The molecule has 1 aliphatic carbocycles. The SMILES string of the molecule is CN1CCC(COCC2CC2)CC12CN(C(=O)c1ccnnc1)C2. The lowest BCUT2D eigenvalue weighted by Crippen LogP contribution is -2.72. The number of piperidine rings is 1. The summed E-state index contributed by atoms with van der Waals surface area (Å²) < 4.78 is 5.92. The van der Waals surface area contributed by atoms with Crippen molar-refractivity contribution in [2.24, 2.45) is 11.8 Å². The fraction of sp³-hybridized carbons (Fsp3) is 0.722. The molecule has 2 saturated heterocycles.